The Bertz CT molecular complexity index is 378. The van der Waals surface area contributed by atoms with Crippen LogP contribution in [0.5, 0.6) is 5.75 Å². The second-order valence-electron chi connectivity index (χ2n) is 4.62. The van der Waals surface area contributed by atoms with Crippen LogP contribution in [-0.4, -0.2) is 17.3 Å². The quantitative estimate of drug-likeness (QED) is 0.832. The lowest BCUT2D eigenvalue weighted by atomic mass is 10.1. The minimum atomic E-state index is -0.938. The molecule has 1 aromatic rings. The van der Waals surface area contributed by atoms with Gasteiger partial charge in [-0.15, -0.1) is 0 Å². The maximum Gasteiger partial charge on any atom is 0.165 e. The van der Waals surface area contributed by atoms with Crippen molar-refractivity contribution in [1.29, 1.82) is 0 Å². The van der Waals surface area contributed by atoms with E-state index in [0.717, 1.165) is 5.56 Å². The number of benzene rings is 1. The van der Waals surface area contributed by atoms with E-state index in [1.807, 2.05) is 6.92 Å². The second kappa shape index (κ2) is 5.47. The molecule has 3 N–H and O–H groups in total. The predicted molar refractivity (Wildman–Crippen MR) is 65.4 cm³/mol. The number of hydrogen-bond acceptors (Lipinski definition) is 3. The van der Waals surface area contributed by atoms with E-state index >= 15 is 0 Å². The van der Waals surface area contributed by atoms with Crippen LogP contribution >= 0.6 is 0 Å². The molecule has 0 aliphatic heterocycles. The van der Waals surface area contributed by atoms with Crippen LogP contribution in [-0.2, 0) is 0 Å². The summed E-state index contributed by atoms with van der Waals surface area (Å²) in [6.07, 6.45) is 0.548. The standard InChI is InChI=1S/C13H20FNO2/c1-4-13(3,16)8-17-12-6-5-10(9(2)15)7-11(12)14/h5-7,9,16H,4,8,15H2,1-3H3/t9-,13?/m1/s1. The summed E-state index contributed by atoms with van der Waals surface area (Å²) in [5.41, 5.74) is 5.43. The van der Waals surface area contributed by atoms with E-state index in [0.29, 0.717) is 6.42 Å². The fourth-order valence-electron chi connectivity index (χ4n) is 1.25. The molecule has 3 nitrogen and oxygen atoms in total. The van der Waals surface area contributed by atoms with E-state index in [2.05, 4.69) is 0 Å². The largest absolute Gasteiger partial charge is 0.488 e. The SMILES string of the molecule is CCC(C)(O)COc1ccc([C@@H](C)N)cc1F. The molecule has 0 aliphatic rings. The van der Waals surface area contributed by atoms with Crippen LogP contribution in [0, 0.1) is 5.82 Å². The molecular formula is C13H20FNO2. The average molecular weight is 241 g/mol. The minimum Gasteiger partial charge on any atom is -0.488 e. The summed E-state index contributed by atoms with van der Waals surface area (Å²) in [4.78, 5) is 0. The molecule has 0 spiro atoms. The molecule has 1 aromatic carbocycles. The van der Waals surface area contributed by atoms with Crippen molar-refractivity contribution in [2.45, 2.75) is 38.8 Å². The number of aliphatic hydroxyl groups is 1. The molecule has 1 unspecified atom stereocenters. The van der Waals surface area contributed by atoms with E-state index in [-0.39, 0.29) is 18.4 Å². The van der Waals surface area contributed by atoms with Crippen LogP contribution < -0.4 is 10.5 Å². The highest BCUT2D eigenvalue weighted by molar-refractivity contribution is 5.30. The molecule has 0 aliphatic carbocycles. The van der Waals surface area contributed by atoms with Crippen molar-refractivity contribution in [2.75, 3.05) is 6.61 Å². The monoisotopic (exact) mass is 241 g/mol. The summed E-state index contributed by atoms with van der Waals surface area (Å²) in [5.74, 6) is -0.310. The molecule has 0 heterocycles. The predicted octanol–water partition coefficient (Wildman–Crippen LogP) is 2.39. The van der Waals surface area contributed by atoms with Gasteiger partial charge in [-0.2, -0.15) is 0 Å². The van der Waals surface area contributed by atoms with E-state index in [4.69, 9.17) is 10.5 Å². The average Bonchev–Trinajstić information content (AvgIpc) is 2.27. The Morgan fingerprint density at radius 1 is 1.53 bits per heavy atom. The lowest BCUT2D eigenvalue weighted by molar-refractivity contribution is 0.00733. The first-order chi connectivity index (χ1) is 7.85. The van der Waals surface area contributed by atoms with E-state index in [1.54, 1.807) is 26.0 Å². The number of hydrogen-bond donors (Lipinski definition) is 2. The fourth-order valence-corrected chi connectivity index (χ4v) is 1.25. The molecule has 96 valence electrons. The fraction of sp³-hybridized carbons (Fsp3) is 0.538. The molecule has 0 aromatic heterocycles. The zero-order valence-electron chi connectivity index (χ0n) is 10.5. The summed E-state index contributed by atoms with van der Waals surface area (Å²) >= 11 is 0. The number of nitrogens with two attached hydrogens (primary N) is 1. The van der Waals surface area contributed by atoms with Gasteiger partial charge >= 0.3 is 0 Å². The first-order valence-corrected chi connectivity index (χ1v) is 5.76. The number of rotatable bonds is 5. The lowest BCUT2D eigenvalue weighted by Gasteiger charge is -2.21. The third-order valence-corrected chi connectivity index (χ3v) is 2.78. The molecule has 0 amide bonds. The van der Waals surface area contributed by atoms with E-state index in [1.165, 1.54) is 6.07 Å². The zero-order valence-corrected chi connectivity index (χ0v) is 10.5. The summed E-state index contributed by atoms with van der Waals surface area (Å²) in [6.45, 7) is 5.36. The Hall–Kier alpha value is -1.13. The lowest BCUT2D eigenvalue weighted by Crippen LogP contribution is -2.31. The van der Waals surface area contributed by atoms with Crippen LogP contribution in [0.3, 0.4) is 0 Å². The third-order valence-electron chi connectivity index (χ3n) is 2.78. The van der Waals surface area contributed by atoms with Crippen molar-refractivity contribution in [2.24, 2.45) is 5.73 Å². The maximum absolute atomic E-state index is 13.6. The molecule has 4 heteroatoms. The van der Waals surface area contributed by atoms with Gasteiger partial charge in [0.15, 0.2) is 11.6 Å². The van der Waals surface area contributed by atoms with Crippen molar-refractivity contribution in [3.8, 4) is 5.75 Å². The summed E-state index contributed by atoms with van der Waals surface area (Å²) in [5, 5.41) is 9.75. The molecule has 0 saturated carbocycles. The molecule has 2 atom stereocenters. The highest BCUT2D eigenvalue weighted by atomic mass is 19.1. The number of ether oxygens (including phenoxy) is 1. The first kappa shape index (κ1) is 13.9. The summed E-state index contributed by atoms with van der Waals surface area (Å²) in [6, 6.07) is 4.42. The van der Waals surface area contributed by atoms with Gasteiger partial charge in [0.1, 0.15) is 6.61 Å². The van der Waals surface area contributed by atoms with E-state index < -0.39 is 11.4 Å². The van der Waals surface area contributed by atoms with Gasteiger partial charge in [0.2, 0.25) is 0 Å². The van der Waals surface area contributed by atoms with Crippen molar-refractivity contribution in [3.63, 3.8) is 0 Å². The van der Waals surface area contributed by atoms with Crippen LogP contribution in [0.1, 0.15) is 38.8 Å². The second-order valence-corrected chi connectivity index (χ2v) is 4.62. The van der Waals surface area contributed by atoms with Crippen LogP contribution in [0.4, 0.5) is 4.39 Å². The highest BCUT2D eigenvalue weighted by Gasteiger charge is 2.19. The molecule has 17 heavy (non-hydrogen) atoms. The molecule has 1 rings (SSSR count). The highest BCUT2D eigenvalue weighted by Crippen LogP contribution is 2.22. The van der Waals surface area contributed by atoms with Gasteiger partial charge in [-0.1, -0.05) is 13.0 Å². The van der Waals surface area contributed by atoms with Gasteiger partial charge < -0.3 is 15.6 Å². The van der Waals surface area contributed by atoms with Crippen LogP contribution in [0.15, 0.2) is 18.2 Å². The first-order valence-electron chi connectivity index (χ1n) is 5.76. The third kappa shape index (κ3) is 3.98. The van der Waals surface area contributed by atoms with Gasteiger partial charge in [-0.05, 0) is 38.0 Å². The van der Waals surface area contributed by atoms with Crippen LogP contribution in [0.2, 0.25) is 0 Å². The molecule has 0 radical (unpaired) electrons. The van der Waals surface area contributed by atoms with Crippen molar-refractivity contribution in [1.82, 2.24) is 0 Å². The maximum atomic E-state index is 13.6. The molecule has 0 fully saturated rings. The van der Waals surface area contributed by atoms with Gasteiger partial charge in [0, 0.05) is 6.04 Å². The topological polar surface area (TPSA) is 55.5 Å². The van der Waals surface area contributed by atoms with Gasteiger partial charge in [-0.25, -0.2) is 4.39 Å². The van der Waals surface area contributed by atoms with Crippen molar-refractivity contribution in [3.05, 3.63) is 29.6 Å². The van der Waals surface area contributed by atoms with Gasteiger partial charge in [-0.3, -0.25) is 0 Å². The Labute approximate surface area is 101 Å². The Morgan fingerprint density at radius 2 is 2.18 bits per heavy atom. The number of halogens is 1. The minimum absolute atomic E-state index is 0.0674. The molecular weight excluding hydrogens is 221 g/mol. The normalized spacial score (nSPS) is 16.4. The van der Waals surface area contributed by atoms with E-state index in [9.17, 15) is 9.50 Å². The Morgan fingerprint density at radius 3 is 2.65 bits per heavy atom. The summed E-state index contributed by atoms with van der Waals surface area (Å²) in [7, 11) is 0. The Balaban J connectivity index is 2.73. The molecule has 0 saturated heterocycles. The summed E-state index contributed by atoms with van der Waals surface area (Å²) < 4.78 is 18.9. The van der Waals surface area contributed by atoms with Crippen LogP contribution in [0.25, 0.3) is 0 Å². The van der Waals surface area contributed by atoms with Crippen molar-refractivity contribution >= 4 is 0 Å². The zero-order chi connectivity index (χ0) is 13.1. The van der Waals surface area contributed by atoms with Gasteiger partial charge in [0.25, 0.3) is 0 Å². The Kier molecular flexibility index (Phi) is 4.48. The van der Waals surface area contributed by atoms with Gasteiger partial charge in [0.05, 0.1) is 5.60 Å². The van der Waals surface area contributed by atoms with Crippen molar-refractivity contribution < 1.29 is 14.2 Å². The molecule has 0 bridgehead atoms. The smallest absolute Gasteiger partial charge is 0.165 e.